The van der Waals surface area contributed by atoms with Crippen LogP contribution < -0.4 is 0 Å². The average Bonchev–Trinajstić information content (AvgIpc) is 0. The molecule has 0 unspecified atom stereocenters. The molecule has 0 rings (SSSR count). The van der Waals surface area contributed by atoms with Crippen molar-refractivity contribution in [2.24, 2.45) is 0 Å². The van der Waals surface area contributed by atoms with Gasteiger partial charge in [-0.05, 0) is 0 Å². The smallest absolute Gasteiger partial charge is 0.826 e. The second-order valence-corrected chi connectivity index (χ2v) is 0. The van der Waals surface area contributed by atoms with Crippen molar-refractivity contribution < 1.29 is 53.8 Å². The minimum atomic E-state index is 0. The summed E-state index contributed by atoms with van der Waals surface area (Å²) in [7, 11) is 0. The molecule has 0 spiro atoms. The van der Waals surface area contributed by atoms with Gasteiger partial charge in [-0.25, -0.2) is 0 Å². The maximum absolute atomic E-state index is 0. The number of hydrogen-bond acceptors (Lipinski definition) is 0. The third-order valence-electron chi connectivity index (χ3n) is 0. The van der Waals surface area contributed by atoms with Crippen molar-refractivity contribution in [3.8, 4) is 0 Å². The van der Waals surface area contributed by atoms with E-state index < -0.39 is 0 Å². The van der Waals surface area contributed by atoms with Crippen molar-refractivity contribution in [2.75, 3.05) is 0 Å². The first-order valence-electron chi connectivity index (χ1n) is 0. The molecular formula is C2H7NWY-. The Kier molecular flexibility index (Phi) is 616. The van der Waals surface area contributed by atoms with Crippen LogP contribution in [0.15, 0.2) is 0 Å². The quantitative estimate of drug-likeness (QED) is 0.605. The first-order chi connectivity index (χ1) is 0. The molecule has 1 N–H and O–H groups in total. The van der Waals surface area contributed by atoms with Gasteiger partial charge in [0.1, 0.15) is 0 Å². The van der Waals surface area contributed by atoms with E-state index in [0.29, 0.717) is 0 Å². The zero-order valence-electron chi connectivity index (χ0n) is 3.49. The van der Waals surface area contributed by atoms with Gasteiger partial charge in [0.25, 0.3) is 0 Å². The Morgan fingerprint density at radius 1 is 0.800 bits per heavy atom. The summed E-state index contributed by atoms with van der Waals surface area (Å²) in [6.07, 6.45) is 0. The minimum absolute atomic E-state index is 0. The van der Waals surface area contributed by atoms with Gasteiger partial charge in [0, 0.05) is 32.7 Å². The summed E-state index contributed by atoms with van der Waals surface area (Å²) in [6, 6.07) is 0. The SMILES string of the molecule is [CH3-].[CH3-].[NH-].[W+2].[Y]. The second-order valence-electron chi connectivity index (χ2n) is 0. The Bertz CT molecular complexity index is 9.61. The van der Waals surface area contributed by atoms with Crippen molar-refractivity contribution in [2.45, 2.75) is 0 Å². The summed E-state index contributed by atoms with van der Waals surface area (Å²) in [4.78, 5) is 0. The van der Waals surface area contributed by atoms with Gasteiger partial charge in [-0.1, -0.05) is 0 Å². The Balaban J connectivity index is 0. The first kappa shape index (κ1) is 72.8. The van der Waals surface area contributed by atoms with Crippen LogP contribution in [0.25, 0.3) is 6.15 Å². The van der Waals surface area contributed by atoms with E-state index in [-0.39, 0.29) is 74.8 Å². The standard InChI is InChI=1S/2CH3.HN.W.Y/h2*1H3;1H;;/q3*-1;+2;. The zero-order valence-corrected chi connectivity index (χ0v) is 9.26. The fourth-order valence-corrected chi connectivity index (χ4v) is 0. The molecule has 0 atom stereocenters. The van der Waals surface area contributed by atoms with Gasteiger partial charge in [0.2, 0.25) is 0 Å². The van der Waals surface area contributed by atoms with Gasteiger partial charge in [0.15, 0.2) is 0 Å². The largest absolute Gasteiger partial charge is 2.00 e. The molecule has 2 radical (unpaired) electrons. The van der Waals surface area contributed by atoms with Gasteiger partial charge in [0.05, 0.1) is 0 Å². The van der Waals surface area contributed by atoms with Crippen LogP contribution in [0.4, 0.5) is 0 Å². The molecule has 0 aromatic rings. The molecule has 5 heavy (non-hydrogen) atoms. The Labute approximate surface area is 74.0 Å². The predicted octanol–water partition coefficient (Wildman–Crippen LogP) is 1.40. The average molecular weight is 318 g/mol. The summed E-state index contributed by atoms with van der Waals surface area (Å²) >= 11 is 0. The van der Waals surface area contributed by atoms with Crippen LogP contribution in [0.1, 0.15) is 0 Å². The Hall–Kier alpha value is 1.75. The van der Waals surface area contributed by atoms with Crippen LogP contribution in [0, 0.1) is 14.9 Å². The van der Waals surface area contributed by atoms with Crippen LogP contribution in [-0.4, -0.2) is 0 Å². The van der Waals surface area contributed by atoms with E-state index in [1.807, 2.05) is 0 Å². The van der Waals surface area contributed by atoms with Crippen molar-refractivity contribution in [3.05, 3.63) is 21.0 Å². The molecule has 1 nitrogen and oxygen atoms in total. The molecule has 0 aromatic heterocycles. The maximum Gasteiger partial charge on any atom is 2.00 e. The molecule has 0 bridgehead atoms. The Morgan fingerprint density at radius 2 is 0.800 bits per heavy atom. The maximum atomic E-state index is 0. The fraction of sp³-hybridized carbons (Fsp3) is 0. The third-order valence-corrected chi connectivity index (χ3v) is 0. The van der Waals surface area contributed by atoms with E-state index in [1.165, 1.54) is 0 Å². The minimum Gasteiger partial charge on any atom is -0.826 e. The van der Waals surface area contributed by atoms with Crippen LogP contribution >= 0.6 is 0 Å². The molecule has 30 valence electrons. The van der Waals surface area contributed by atoms with Crippen LogP contribution in [-0.2, 0) is 53.8 Å². The fourth-order valence-electron chi connectivity index (χ4n) is 0. The van der Waals surface area contributed by atoms with Gasteiger partial charge < -0.3 is 21.0 Å². The number of nitrogens with one attached hydrogen (secondary N) is 1. The summed E-state index contributed by atoms with van der Waals surface area (Å²) < 4.78 is 0. The van der Waals surface area contributed by atoms with E-state index in [2.05, 4.69) is 0 Å². The number of rotatable bonds is 0. The molecule has 0 aliphatic carbocycles. The normalized spacial score (nSPS) is 0. The van der Waals surface area contributed by atoms with Crippen molar-refractivity contribution in [3.63, 3.8) is 0 Å². The molecule has 0 fully saturated rings. The van der Waals surface area contributed by atoms with E-state index in [9.17, 15) is 0 Å². The molecular weight excluding hydrogens is 311 g/mol. The second kappa shape index (κ2) is 42.3. The Morgan fingerprint density at radius 3 is 0.800 bits per heavy atom. The molecule has 0 heterocycles. The third kappa shape index (κ3) is 26.4. The molecule has 3 heteroatoms. The van der Waals surface area contributed by atoms with Crippen molar-refractivity contribution in [1.29, 1.82) is 0 Å². The van der Waals surface area contributed by atoms with E-state index in [0.717, 1.165) is 0 Å². The summed E-state index contributed by atoms with van der Waals surface area (Å²) in [5, 5.41) is 0. The molecule has 0 saturated heterocycles. The summed E-state index contributed by atoms with van der Waals surface area (Å²) in [6.45, 7) is 0. The molecule has 0 aromatic carbocycles. The van der Waals surface area contributed by atoms with Gasteiger partial charge >= 0.3 is 21.1 Å². The zero-order chi connectivity index (χ0) is 0. The molecule has 0 aliphatic rings. The molecule has 0 saturated carbocycles. The summed E-state index contributed by atoms with van der Waals surface area (Å²) in [5.41, 5.74) is 0. The van der Waals surface area contributed by atoms with Crippen molar-refractivity contribution >= 4 is 0 Å². The topological polar surface area (TPSA) is 32.0 Å². The number of hydrogen-bond donors (Lipinski definition) is 0. The van der Waals surface area contributed by atoms with Gasteiger partial charge in [-0.2, -0.15) is 0 Å². The van der Waals surface area contributed by atoms with Crippen molar-refractivity contribution in [1.82, 2.24) is 0 Å². The van der Waals surface area contributed by atoms with Crippen LogP contribution in [0.5, 0.6) is 0 Å². The summed E-state index contributed by atoms with van der Waals surface area (Å²) in [5.74, 6) is 0. The first-order valence-corrected chi connectivity index (χ1v) is 0. The molecule has 0 amide bonds. The van der Waals surface area contributed by atoms with Crippen LogP contribution in [0.3, 0.4) is 0 Å². The van der Waals surface area contributed by atoms with E-state index >= 15 is 0 Å². The van der Waals surface area contributed by atoms with E-state index in [4.69, 9.17) is 0 Å². The van der Waals surface area contributed by atoms with Gasteiger partial charge in [-0.15, -0.1) is 0 Å². The molecule has 0 aliphatic heterocycles. The van der Waals surface area contributed by atoms with E-state index in [1.54, 1.807) is 0 Å². The predicted molar refractivity (Wildman–Crippen MR) is 17.1 cm³/mol. The monoisotopic (exact) mass is 318 g/mol. The van der Waals surface area contributed by atoms with Crippen LogP contribution in [0.2, 0.25) is 0 Å². The van der Waals surface area contributed by atoms with Gasteiger partial charge in [-0.3, -0.25) is 0 Å².